The molecular formula is C8H11NO3Si. The third-order valence-electron chi connectivity index (χ3n) is 1.60. The van der Waals surface area contributed by atoms with Crippen molar-refractivity contribution in [3.05, 3.63) is 23.9 Å². The van der Waals surface area contributed by atoms with Gasteiger partial charge in [0, 0.05) is 18.7 Å². The minimum atomic E-state index is -1.72. The molecule has 0 aromatic rings. The summed E-state index contributed by atoms with van der Waals surface area (Å²) in [6, 6.07) is 0. The lowest BCUT2D eigenvalue weighted by Gasteiger charge is -2.09. The first-order valence-electron chi connectivity index (χ1n) is 3.99. The number of rotatable bonds is 3. The van der Waals surface area contributed by atoms with Crippen LogP contribution in [0.15, 0.2) is 23.9 Å². The van der Waals surface area contributed by atoms with Crippen LogP contribution in [0.5, 0.6) is 0 Å². The lowest BCUT2D eigenvalue weighted by molar-refractivity contribution is -0.136. The summed E-state index contributed by atoms with van der Waals surface area (Å²) in [4.78, 5) is 32.1. The van der Waals surface area contributed by atoms with Gasteiger partial charge in [-0.2, -0.15) is 0 Å². The molecule has 4 nitrogen and oxygen atoms in total. The Bertz CT molecular complexity index is 265. The summed E-state index contributed by atoms with van der Waals surface area (Å²) in [6.07, 6.45) is 4.14. The summed E-state index contributed by atoms with van der Waals surface area (Å²) >= 11 is 0. The molecule has 1 unspecified atom stereocenters. The second kappa shape index (κ2) is 4.15. The van der Waals surface area contributed by atoms with E-state index in [1.54, 1.807) is 18.3 Å². The van der Waals surface area contributed by atoms with Gasteiger partial charge in [-0.25, -0.2) is 0 Å². The third-order valence-corrected chi connectivity index (χ3v) is 2.43. The molecule has 0 radical (unpaired) electrons. The molecule has 5 heteroatoms. The van der Waals surface area contributed by atoms with Gasteiger partial charge in [-0.1, -0.05) is 11.8 Å². The van der Waals surface area contributed by atoms with Gasteiger partial charge in [-0.05, 0) is 6.55 Å². The highest BCUT2D eigenvalue weighted by Gasteiger charge is 2.21. The number of hydrogen-bond acceptors (Lipinski definition) is 3. The van der Waals surface area contributed by atoms with Crippen LogP contribution in [-0.4, -0.2) is 37.1 Å². The molecule has 0 aromatic carbocycles. The number of nitrogens with zero attached hydrogens (tertiary/aromatic N) is 1. The number of imide groups is 1. The van der Waals surface area contributed by atoms with Crippen molar-refractivity contribution in [2.24, 2.45) is 0 Å². The van der Waals surface area contributed by atoms with E-state index in [1.165, 1.54) is 12.2 Å². The van der Waals surface area contributed by atoms with Crippen LogP contribution >= 0.6 is 0 Å². The molecule has 0 fully saturated rings. The normalized spacial score (nSPS) is 19.1. The summed E-state index contributed by atoms with van der Waals surface area (Å²) in [5.74, 6) is -0.580. The molecule has 1 aliphatic heterocycles. The Kier molecular flexibility index (Phi) is 3.16. The summed E-state index contributed by atoms with van der Waals surface area (Å²) in [5.41, 5.74) is 1.67. The highest BCUT2D eigenvalue weighted by Crippen LogP contribution is 2.02. The van der Waals surface area contributed by atoms with Crippen molar-refractivity contribution in [3.8, 4) is 0 Å². The van der Waals surface area contributed by atoms with Crippen molar-refractivity contribution in [2.45, 2.75) is 6.55 Å². The molecule has 1 rings (SSSR count). The Hall–Kier alpha value is -1.20. The molecule has 1 aliphatic rings. The van der Waals surface area contributed by atoms with Crippen LogP contribution in [0.4, 0.5) is 0 Å². The molecule has 0 aromatic heterocycles. The van der Waals surface area contributed by atoms with Gasteiger partial charge in [-0.3, -0.25) is 14.5 Å². The fourth-order valence-electron chi connectivity index (χ4n) is 0.974. The van der Waals surface area contributed by atoms with E-state index < -0.39 is 9.04 Å². The lowest BCUT2D eigenvalue weighted by Crippen LogP contribution is -2.30. The van der Waals surface area contributed by atoms with E-state index in [9.17, 15) is 9.59 Å². The van der Waals surface area contributed by atoms with Crippen LogP contribution in [0.1, 0.15) is 0 Å². The quantitative estimate of drug-likeness (QED) is 0.483. The largest absolute Gasteiger partial charge is 0.431 e. The average Bonchev–Trinajstić information content (AvgIpc) is 2.34. The van der Waals surface area contributed by atoms with Crippen LogP contribution in [0, 0.1) is 0 Å². The van der Waals surface area contributed by atoms with E-state index in [0.717, 1.165) is 4.90 Å². The molecule has 1 N–H and O–H groups in total. The molecule has 13 heavy (non-hydrogen) atoms. The predicted molar refractivity (Wildman–Crippen MR) is 50.2 cm³/mol. The summed E-state index contributed by atoms with van der Waals surface area (Å²) in [6.45, 7) is 1.99. The van der Waals surface area contributed by atoms with Gasteiger partial charge >= 0.3 is 0 Å². The van der Waals surface area contributed by atoms with Crippen LogP contribution in [0.2, 0.25) is 6.55 Å². The van der Waals surface area contributed by atoms with E-state index in [4.69, 9.17) is 4.80 Å². The summed E-state index contributed by atoms with van der Waals surface area (Å²) < 4.78 is 0. The first kappa shape index (κ1) is 9.88. The van der Waals surface area contributed by atoms with Gasteiger partial charge in [0.1, 0.15) is 0 Å². The number of carbonyl (C=O) groups excluding carboxylic acids is 2. The number of carbonyl (C=O) groups is 2. The monoisotopic (exact) mass is 197 g/mol. The van der Waals surface area contributed by atoms with E-state index in [2.05, 4.69) is 0 Å². The molecule has 0 saturated heterocycles. The van der Waals surface area contributed by atoms with Crippen molar-refractivity contribution < 1.29 is 14.4 Å². The minimum absolute atomic E-state index is 0.253. The molecule has 0 aliphatic carbocycles. The zero-order valence-corrected chi connectivity index (χ0v) is 8.46. The minimum Gasteiger partial charge on any atom is -0.431 e. The van der Waals surface area contributed by atoms with Crippen LogP contribution in [0.25, 0.3) is 0 Å². The topological polar surface area (TPSA) is 57.6 Å². The maximum Gasteiger partial charge on any atom is 0.253 e. The van der Waals surface area contributed by atoms with Crippen LogP contribution in [0.3, 0.4) is 0 Å². The van der Waals surface area contributed by atoms with Gasteiger partial charge in [0.25, 0.3) is 11.8 Å². The Morgan fingerprint density at radius 1 is 1.46 bits per heavy atom. The smallest absolute Gasteiger partial charge is 0.253 e. The van der Waals surface area contributed by atoms with Crippen molar-refractivity contribution in [2.75, 3.05) is 6.54 Å². The van der Waals surface area contributed by atoms with E-state index in [-0.39, 0.29) is 18.4 Å². The second-order valence-electron chi connectivity index (χ2n) is 2.79. The maximum atomic E-state index is 11.0. The van der Waals surface area contributed by atoms with Gasteiger partial charge in [0.15, 0.2) is 9.04 Å². The zero-order valence-electron chi connectivity index (χ0n) is 7.30. The summed E-state index contributed by atoms with van der Waals surface area (Å²) in [5, 5.41) is 0. The van der Waals surface area contributed by atoms with E-state index >= 15 is 0 Å². The molecule has 0 saturated carbocycles. The van der Waals surface area contributed by atoms with E-state index in [0.29, 0.717) is 0 Å². The average molecular weight is 197 g/mol. The SMILES string of the molecule is C[SiH](O)C=CCN1C(=O)C=CC1=O. The molecule has 0 bridgehead atoms. The fourth-order valence-corrected chi connectivity index (χ4v) is 1.49. The number of hydrogen-bond donors (Lipinski definition) is 1. The second-order valence-corrected chi connectivity index (χ2v) is 4.66. The Balaban J connectivity index is 2.46. The van der Waals surface area contributed by atoms with Gasteiger partial charge in [-0.15, -0.1) is 0 Å². The fraction of sp³-hybridized carbons (Fsp3) is 0.250. The maximum absolute atomic E-state index is 11.0. The van der Waals surface area contributed by atoms with Crippen molar-refractivity contribution in [1.82, 2.24) is 4.90 Å². The van der Waals surface area contributed by atoms with Crippen LogP contribution < -0.4 is 0 Å². The van der Waals surface area contributed by atoms with Crippen molar-refractivity contribution in [3.63, 3.8) is 0 Å². The van der Waals surface area contributed by atoms with Crippen molar-refractivity contribution >= 4 is 20.9 Å². The molecule has 70 valence electrons. The van der Waals surface area contributed by atoms with E-state index in [1.807, 2.05) is 0 Å². The summed E-state index contributed by atoms with van der Waals surface area (Å²) in [7, 11) is -1.72. The first-order chi connectivity index (χ1) is 6.11. The number of amides is 2. The molecule has 2 amide bonds. The molecular weight excluding hydrogens is 186 g/mol. The van der Waals surface area contributed by atoms with Crippen molar-refractivity contribution in [1.29, 1.82) is 0 Å². The highest BCUT2D eigenvalue weighted by atomic mass is 28.3. The Morgan fingerprint density at radius 2 is 2.00 bits per heavy atom. The highest BCUT2D eigenvalue weighted by molar-refractivity contribution is 6.54. The Labute approximate surface area is 77.9 Å². The predicted octanol–water partition coefficient (Wildman–Crippen LogP) is -0.647. The van der Waals surface area contributed by atoms with Gasteiger partial charge in [0.05, 0.1) is 0 Å². The molecule has 1 atom stereocenters. The molecule has 1 heterocycles. The first-order valence-corrected chi connectivity index (χ1v) is 6.33. The Morgan fingerprint density at radius 3 is 2.46 bits per heavy atom. The molecule has 0 spiro atoms. The lowest BCUT2D eigenvalue weighted by atomic mass is 10.5. The van der Waals surface area contributed by atoms with Gasteiger partial charge in [0.2, 0.25) is 0 Å². The van der Waals surface area contributed by atoms with Crippen LogP contribution in [-0.2, 0) is 9.59 Å². The zero-order chi connectivity index (χ0) is 9.84. The standard InChI is InChI=1S/C8H11NO3Si/c1-13(12)6-2-5-9-7(10)3-4-8(9)11/h2-4,6,12-13H,5H2,1H3. The third kappa shape index (κ3) is 2.64. The van der Waals surface area contributed by atoms with Gasteiger partial charge < -0.3 is 4.80 Å².